The van der Waals surface area contributed by atoms with Gasteiger partial charge in [0.25, 0.3) is 0 Å². The molecule has 6 heteroatoms. The molecule has 0 aliphatic heterocycles. The van der Waals surface area contributed by atoms with Crippen molar-refractivity contribution in [1.82, 2.24) is 9.97 Å². The van der Waals surface area contributed by atoms with Crippen LogP contribution in [0.4, 0.5) is 5.82 Å². The van der Waals surface area contributed by atoms with Gasteiger partial charge in [-0.2, -0.15) is 0 Å². The number of rotatable bonds is 6. The van der Waals surface area contributed by atoms with E-state index in [1.807, 2.05) is 31.2 Å². The number of benzene rings is 3. The van der Waals surface area contributed by atoms with Crippen molar-refractivity contribution in [3.63, 3.8) is 0 Å². The Balaban J connectivity index is 1.79. The Morgan fingerprint density at radius 1 is 0.970 bits per heavy atom. The lowest BCUT2D eigenvalue weighted by Crippen LogP contribution is -2.10. The van der Waals surface area contributed by atoms with Gasteiger partial charge in [0, 0.05) is 23.1 Å². The molecule has 0 bridgehead atoms. The second kappa shape index (κ2) is 9.28. The molecule has 0 aliphatic carbocycles. The van der Waals surface area contributed by atoms with Gasteiger partial charge in [0.1, 0.15) is 17.4 Å². The maximum absolute atomic E-state index is 11.8. The van der Waals surface area contributed by atoms with Crippen LogP contribution in [0.1, 0.15) is 40.3 Å². The van der Waals surface area contributed by atoms with Gasteiger partial charge >= 0.3 is 5.97 Å². The third-order valence-electron chi connectivity index (χ3n) is 5.64. The van der Waals surface area contributed by atoms with Gasteiger partial charge in [-0.15, -0.1) is 0 Å². The molecular weight excluding hydrogens is 414 g/mol. The second-order valence-electron chi connectivity index (χ2n) is 8.04. The Kier molecular flexibility index (Phi) is 6.27. The molecule has 1 aromatic heterocycles. The van der Waals surface area contributed by atoms with Crippen molar-refractivity contribution in [2.24, 2.45) is 0 Å². The monoisotopic (exact) mass is 441 g/mol. The van der Waals surface area contributed by atoms with E-state index in [1.54, 1.807) is 19.2 Å². The predicted octanol–water partition coefficient (Wildman–Crippen LogP) is 5.88. The molecule has 6 nitrogen and oxygen atoms in total. The van der Waals surface area contributed by atoms with Crippen LogP contribution in [-0.2, 0) is 4.74 Å². The van der Waals surface area contributed by atoms with Crippen LogP contribution in [0.5, 0.6) is 5.75 Å². The second-order valence-corrected chi connectivity index (χ2v) is 8.04. The number of ether oxygens (including phenoxy) is 2. The number of carbonyl (C=O) groups excluding carboxylic acids is 1. The Hall–Kier alpha value is -3.93. The molecule has 0 saturated carbocycles. The van der Waals surface area contributed by atoms with Gasteiger partial charge in [0.2, 0.25) is 0 Å². The number of hydrogen-bond acceptors (Lipinski definition) is 6. The molecular formula is C27H27N3O3. The summed E-state index contributed by atoms with van der Waals surface area (Å²) in [6.07, 6.45) is 0. The van der Waals surface area contributed by atoms with Crippen molar-refractivity contribution < 1.29 is 14.3 Å². The maximum Gasteiger partial charge on any atom is 0.337 e. The van der Waals surface area contributed by atoms with Crippen LogP contribution in [0.25, 0.3) is 22.0 Å². The first kappa shape index (κ1) is 22.3. The standard InChI is InChI=1S/C27H27N3O3/c1-16-7-6-8-21(13-16)17(2)28-26-23-14-22(19-9-11-20(12-10-19)27(31)33-5)25(32-4)15-24(23)29-18(3)30-26/h6-15,17H,1-5H3,(H,28,29,30)/t17-/m1/s1. The number of aromatic nitrogens is 2. The minimum atomic E-state index is -0.368. The molecule has 0 unspecified atom stereocenters. The van der Waals surface area contributed by atoms with E-state index in [0.717, 1.165) is 27.8 Å². The molecule has 1 atom stereocenters. The molecule has 4 rings (SSSR count). The molecule has 3 aromatic carbocycles. The third kappa shape index (κ3) is 4.65. The Morgan fingerprint density at radius 2 is 1.73 bits per heavy atom. The normalized spacial score (nSPS) is 11.8. The van der Waals surface area contributed by atoms with Gasteiger partial charge in [-0.1, -0.05) is 42.0 Å². The summed E-state index contributed by atoms with van der Waals surface area (Å²) in [5, 5.41) is 4.46. The van der Waals surface area contributed by atoms with E-state index in [1.165, 1.54) is 18.2 Å². The lowest BCUT2D eigenvalue weighted by atomic mass is 10.0. The largest absolute Gasteiger partial charge is 0.496 e. The highest BCUT2D eigenvalue weighted by Crippen LogP contribution is 2.36. The highest BCUT2D eigenvalue weighted by atomic mass is 16.5. The van der Waals surface area contributed by atoms with Crippen LogP contribution in [0.3, 0.4) is 0 Å². The van der Waals surface area contributed by atoms with Crippen molar-refractivity contribution in [3.05, 3.63) is 83.2 Å². The van der Waals surface area contributed by atoms with Crippen LogP contribution in [0, 0.1) is 13.8 Å². The van der Waals surface area contributed by atoms with Crippen molar-refractivity contribution in [2.75, 3.05) is 19.5 Å². The zero-order chi connectivity index (χ0) is 23.5. The molecule has 0 aliphatic rings. The molecule has 0 fully saturated rings. The van der Waals surface area contributed by atoms with E-state index in [4.69, 9.17) is 14.5 Å². The molecule has 1 heterocycles. The molecule has 0 amide bonds. The number of esters is 1. The van der Waals surface area contributed by atoms with Crippen molar-refractivity contribution in [3.8, 4) is 16.9 Å². The van der Waals surface area contributed by atoms with Gasteiger partial charge in [0.15, 0.2) is 0 Å². The Bertz CT molecular complexity index is 1320. The number of fused-ring (bicyclic) bond motifs is 1. The van der Waals surface area contributed by atoms with Crippen molar-refractivity contribution >= 4 is 22.7 Å². The van der Waals surface area contributed by atoms with E-state index < -0.39 is 0 Å². The minimum Gasteiger partial charge on any atom is -0.496 e. The Labute approximate surface area is 193 Å². The lowest BCUT2D eigenvalue weighted by Gasteiger charge is -2.18. The number of carbonyl (C=O) groups is 1. The topological polar surface area (TPSA) is 73.3 Å². The van der Waals surface area contributed by atoms with Crippen molar-refractivity contribution in [2.45, 2.75) is 26.8 Å². The first-order valence-corrected chi connectivity index (χ1v) is 10.8. The summed E-state index contributed by atoms with van der Waals surface area (Å²) in [6.45, 7) is 6.09. The van der Waals surface area contributed by atoms with Gasteiger partial charge < -0.3 is 14.8 Å². The lowest BCUT2D eigenvalue weighted by molar-refractivity contribution is 0.0600. The summed E-state index contributed by atoms with van der Waals surface area (Å²) in [5.41, 5.74) is 5.50. The van der Waals surface area contributed by atoms with Crippen LogP contribution in [-0.4, -0.2) is 30.2 Å². The number of hydrogen-bond donors (Lipinski definition) is 1. The molecule has 1 N–H and O–H groups in total. The van der Waals surface area contributed by atoms with Gasteiger partial charge in [-0.05, 0) is 50.1 Å². The average molecular weight is 442 g/mol. The average Bonchev–Trinajstić information content (AvgIpc) is 2.82. The minimum absolute atomic E-state index is 0.0623. The van der Waals surface area contributed by atoms with E-state index in [2.05, 4.69) is 48.4 Å². The van der Waals surface area contributed by atoms with Crippen molar-refractivity contribution in [1.29, 1.82) is 0 Å². The number of nitrogens with zero attached hydrogens (tertiary/aromatic N) is 2. The van der Waals surface area contributed by atoms with E-state index in [-0.39, 0.29) is 12.0 Å². The quantitative estimate of drug-likeness (QED) is 0.377. The van der Waals surface area contributed by atoms with Gasteiger partial charge in [0.05, 0.1) is 25.3 Å². The summed E-state index contributed by atoms with van der Waals surface area (Å²) in [4.78, 5) is 21.1. The fourth-order valence-corrected chi connectivity index (χ4v) is 3.91. The van der Waals surface area contributed by atoms with E-state index in [0.29, 0.717) is 17.1 Å². The van der Waals surface area contributed by atoms with Crippen LogP contribution >= 0.6 is 0 Å². The zero-order valence-electron chi connectivity index (χ0n) is 19.5. The van der Waals surface area contributed by atoms with Gasteiger partial charge in [-0.25, -0.2) is 14.8 Å². The van der Waals surface area contributed by atoms with Crippen LogP contribution in [0.15, 0.2) is 60.7 Å². The molecule has 0 saturated heterocycles. The van der Waals surface area contributed by atoms with E-state index >= 15 is 0 Å². The molecule has 168 valence electrons. The molecule has 4 aromatic rings. The first-order valence-electron chi connectivity index (χ1n) is 10.8. The third-order valence-corrected chi connectivity index (χ3v) is 5.64. The zero-order valence-corrected chi connectivity index (χ0v) is 19.5. The SMILES string of the molecule is COC(=O)c1ccc(-c2cc3c(N[C@H](C)c4cccc(C)c4)nc(C)nc3cc2OC)cc1. The van der Waals surface area contributed by atoms with E-state index in [9.17, 15) is 4.79 Å². The summed E-state index contributed by atoms with van der Waals surface area (Å²) in [5.74, 6) is 1.77. The summed E-state index contributed by atoms with van der Waals surface area (Å²) >= 11 is 0. The first-order chi connectivity index (χ1) is 15.9. The summed E-state index contributed by atoms with van der Waals surface area (Å²) < 4.78 is 10.5. The highest BCUT2D eigenvalue weighted by molar-refractivity contribution is 5.96. The molecule has 0 spiro atoms. The Morgan fingerprint density at radius 3 is 2.39 bits per heavy atom. The predicted molar refractivity (Wildman–Crippen MR) is 131 cm³/mol. The summed E-state index contributed by atoms with van der Waals surface area (Å²) in [7, 11) is 3.01. The van der Waals surface area contributed by atoms with Crippen LogP contribution < -0.4 is 10.1 Å². The van der Waals surface area contributed by atoms with Crippen LogP contribution in [0.2, 0.25) is 0 Å². The maximum atomic E-state index is 11.8. The summed E-state index contributed by atoms with van der Waals surface area (Å²) in [6, 6.07) is 19.7. The smallest absolute Gasteiger partial charge is 0.337 e. The van der Waals surface area contributed by atoms with Gasteiger partial charge in [-0.3, -0.25) is 0 Å². The molecule has 0 radical (unpaired) electrons. The molecule has 33 heavy (non-hydrogen) atoms. The fourth-order valence-electron chi connectivity index (χ4n) is 3.91. The number of anilines is 1. The fraction of sp³-hybridized carbons (Fsp3) is 0.222. The number of aryl methyl sites for hydroxylation is 2. The number of nitrogens with one attached hydrogen (secondary N) is 1. The highest BCUT2D eigenvalue weighted by Gasteiger charge is 2.16. The number of methoxy groups -OCH3 is 2.